The maximum Gasteiger partial charge on any atom is 0.203 e. The third-order valence-corrected chi connectivity index (χ3v) is 4.75. The highest BCUT2D eigenvalue weighted by Crippen LogP contribution is 2.41. The summed E-state index contributed by atoms with van der Waals surface area (Å²) in [5.41, 5.74) is 2.92. The van der Waals surface area contributed by atoms with Crippen LogP contribution in [0.2, 0.25) is 0 Å². The summed E-state index contributed by atoms with van der Waals surface area (Å²) in [6.07, 6.45) is 3.11. The van der Waals surface area contributed by atoms with Gasteiger partial charge in [-0.05, 0) is 43.7 Å². The van der Waals surface area contributed by atoms with Crippen molar-refractivity contribution in [3.63, 3.8) is 0 Å². The van der Waals surface area contributed by atoms with E-state index in [1.54, 1.807) is 14.2 Å². The van der Waals surface area contributed by atoms with Crippen molar-refractivity contribution < 1.29 is 19.0 Å². The first-order valence-corrected chi connectivity index (χ1v) is 9.62. The molecule has 1 aromatic carbocycles. The summed E-state index contributed by atoms with van der Waals surface area (Å²) in [7, 11) is 3.24. The molecular formula is C22H28N2O4. The molecule has 0 saturated carbocycles. The normalized spacial score (nSPS) is 15.0. The number of Topliss-reactive ketones (excluding diaryl/α,β-unsaturated/α-hetero) is 1. The summed E-state index contributed by atoms with van der Waals surface area (Å²) in [5, 5.41) is 0. The van der Waals surface area contributed by atoms with Crippen LogP contribution in [0, 0.1) is 0 Å². The minimum absolute atomic E-state index is 0.00604. The van der Waals surface area contributed by atoms with Gasteiger partial charge in [-0.25, -0.2) is 0 Å². The van der Waals surface area contributed by atoms with E-state index >= 15 is 0 Å². The van der Waals surface area contributed by atoms with E-state index < -0.39 is 0 Å². The number of nitrogens with zero attached hydrogens (tertiary/aromatic N) is 2. The number of ether oxygens (including phenoxy) is 3. The molecule has 0 amide bonds. The summed E-state index contributed by atoms with van der Waals surface area (Å²) in [6.45, 7) is 6.38. The zero-order valence-electron chi connectivity index (χ0n) is 17.0. The second-order valence-electron chi connectivity index (χ2n) is 7.24. The van der Waals surface area contributed by atoms with Gasteiger partial charge < -0.3 is 14.2 Å². The second kappa shape index (κ2) is 9.06. The van der Waals surface area contributed by atoms with E-state index in [9.17, 15) is 4.79 Å². The van der Waals surface area contributed by atoms with E-state index in [-0.39, 0.29) is 6.10 Å². The van der Waals surface area contributed by atoms with Crippen molar-refractivity contribution >= 4 is 5.78 Å². The minimum Gasteiger partial charge on any atom is -0.493 e. The van der Waals surface area contributed by atoms with Gasteiger partial charge in [0, 0.05) is 44.2 Å². The highest BCUT2D eigenvalue weighted by Gasteiger charge is 2.18. The standard InChI is InChI=1S/C22H28N2O4/c1-15(2)28-22-20(26-3)12-17(13-21(22)27-4)19-11-16(5-8-23-19)14-24-9-6-18(25)7-10-24/h5,8,11-13,15H,6-7,9-10,14H2,1-4H3. The van der Waals surface area contributed by atoms with E-state index in [0.29, 0.717) is 35.9 Å². The van der Waals surface area contributed by atoms with E-state index in [1.807, 2.05) is 38.2 Å². The zero-order valence-corrected chi connectivity index (χ0v) is 17.0. The Morgan fingerprint density at radius 1 is 1.07 bits per heavy atom. The van der Waals surface area contributed by atoms with Crippen molar-refractivity contribution in [2.45, 2.75) is 39.3 Å². The van der Waals surface area contributed by atoms with Crippen molar-refractivity contribution in [3.8, 4) is 28.5 Å². The van der Waals surface area contributed by atoms with Crippen LogP contribution in [0.4, 0.5) is 0 Å². The lowest BCUT2D eigenvalue weighted by molar-refractivity contribution is -0.121. The third-order valence-electron chi connectivity index (χ3n) is 4.75. The van der Waals surface area contributed by atoms with Gasteiger partial charge in [0.15, 0.2) is 11.5 Å². The molecule has 6 heteroatoms. The molecule has 0 aliphatic carbocycles. The van der Waals surface area contributed by atoms with Crippen LogP contribution in [0.15, 0.2) is 30.5 Å². The number of piperidine rings is 1. The van der Waals surface area contributed by atoms with E-state index in [4.69, 9.17) is 14.2 Å². The molecule has 1 aromatic heterocycles. The Morgan fingerprint density at radius 3 is 2.29 bits per heavy atom. The molecule has 150 valence electrons. The number of ketones is 1. The smallest absolute Gasteiger partial charge is 0.203 e. The molecule has 1 saturated heterocycles. The maximum atomic E-state index is 11.4. The van der Waals surface area contributed by atoms with Crippen LogP contribution >= 0.6 is 0 Å². The Balaban J connectivity index is 1.87. The van der Waals surface area contributed by atoms with E-state index in [2.05, 4.69) is 16.0 Å². The van der Waals surface area contributed by atoms with Crippen LogP contribution in [-0.4, -0.2) is 49.1 Å². The zero-order chi connectivity index (χ0) is 20.1. The van der Waals surface area contributed by atoms with Crippen LogP contribution in [0.1, 0.15) is 32.3 Å². The van der Waals surface area contributed by atoms with E-state index in [1.165, 1.54) is 5.56 Å². The largest absolute Gasteiger partial charge is 0.493 e. The highest BCUT2D eigenvalue weighted by atomic mass is 16.5. The van der Waals surface area contributed by atoms with Crippen molar-refractivity contribution in [1.29, 1.82) is 0 Å². The Kier molecular flexibility index (Phi) is 6.52. The lowest BCUT2D eigenvalue weighted by Crippen LogP contribution is -2.33. The number of carbonyl (C=O) groups is 1. The summed E-state index contributed by atoms with van der Waals surface area (Å²) in [6, 6.07) is 7.94. The van der Waals surface area contributed by atoms with Gasteiger partial charge in [0.25, 0.3) is 0 Å². The molecule has 28 heavy (non-hydrogen) atoms. The SMILES string of the molecule is COc1cc(-c2cc(CN3CCC(=O)CC3)ccn2)cc(OC)c1OC(C)C. The van der Waals surface area contributed by atoms with Crippen molar-refractivity contribution in [2.75, 3.05) is 27.3 Å². The van der Waals surface area contributed by atoms with Gasteiger partial charge in [0.05, 0.1) is 26.0 Å². The maximum absolute atomic E-state index is 11.4. The van der Waals surface area contributed by atoms with Crippen LogP contribution in [0.5, 0.6) is 17.2 Å². The molecule has 3 rings (SSSR count). The predicted octanol–water partition coefficient (Wildman–Crippen LogP) is 3.72. The Hall–Kier alpha value is -2.60. The van der Waals surface area contributed by atoms with Gasteiger partial charge in [-0.15, -0.1) is 0 Å². The number of aromatic nitrogens is 1. The quantitative estimate of drug-likeness (QED) is 0.725. The first kappa shape index (κ1) is 20.1. The minimum atomic E-state index is 0.00604. The van der Waals surface area contributed by atoms with Gasteiger partial charge in [-0.1, -0.05) is 0 Å². The number of carbonyl (C=O) groups excluding carboxylic acids is 1. The number of likely N-dealkylation sites (tertiary alicyclic amines) is 1. The molecule has 0 unspecified atom stereocenters. The van der Waals surface area contributed by atoms with Crippen LogP contribution in [-0.2, 0) is 11.3 Å². The lowest BCUT2D eigenvalue weighted by atomic mass is 10.1. The summed E-state index contributed by atoms with van der Waals surface area (Å²) in [5.74, 6) is 2.18. The molecule has 2 heterocycles. The third kappa shape index (κ3) is 4.81. The highest BCUT2D eigenvalue weighted by molar-refractivity contribution is 5.79. The molecule has 1 aliphatic rings. The van der Waals surface area contributed by atoms with Crippen molar-refractivity contribution in [1.82, 2.24) is 9.88 Å². The molecule has 0 N–H and O–H groups in total. The Bertz CT molecular complexity index is 800. The van der Waals surface area contributed by atoms with Gasteiger partial charge in [-0.2, -0.15) is 0 Å². The molecule has 1 fully saturated rings. The average Bonchev–Trinajstić information content (AvgIpc) is 2.69. The molecular weight excluding hydrogens is 356 g/mol. The fourth-order valence-corrected chi connectivity index (χ4v) is 3.33. The topological polar surface area (TPSA) is 60.9 Å². The molecule has 0 atom stereocenters. The Morgan fingerprint density at radius 2 is 1.71 bits per heavy atom. The monoisotopic (exact) mass is 384 g/mol. The van der Waals surface area contributed by atoms with Gasteiger partial charge in [0.2, 0.25) is 5.75 Å². The van der Waals surface area contributed by atoms with Crippen molar-refractivity contribution in [2.24, 2.45) is 0 Å². The summed E-state index contributed by atoms with van der Waals surface area (Å²) >= 11 is 0. The first-order valence-electron chi connectivity index (χ1n) is 9.62. The Labute approximate surface area is 166 Å². The summed E-state index contributed by atoms with van der Waals surface area (Å²) < 4.78 is 17.0. The lowest BCUT2D eigenvalue weighted by Gasteiger charge is -2.25. The molecule has 0 radical (unpaired) electrons. The molecule has 6 nitrogen and oxygen atoms in total. The first-order chi connectivity index (χ1) is 13.5. The molecule has 1 aliphatic heterocycles. The van der Waals surface area contributed by atoms with Gasteiger partial charge in [0.1, 0.15) is 5.78 Å². The molecule has 2 aromatic rings. The fourth-order valence-electron chi connectivity index (χ4n) is 3.33. The number of pyridine rings is 1. The predicted molar refractivity (Wildman–Crippen MR) is 108 cm³/mol. The number of hydrogen-bond acceptors (Lipinski definition) is 6. The van der Waals surface area contributed by atoms with Gasteiger partial charge in [-0.3, -0.25) is 14.7 Å². The number of methoxy groups -OCH3 is 2. The summed E-state index contributed by atoms with van der Waals surface area (Å²) in [4.78, 5) is 18.3. The van der Waals surface area contributed by atoms with Crippen molar-refractivity contribution in [3.05, 3.63) is 36.0 Å². The second-order valence-corrected chi connectivity index (χ2v) is 7.24. The van der Waals surface area contributed by atoms with E-state index in [0.717, 1.165) is 30.9 Å². The number of hydrogen-bond donors (Lipinski definition) is 0. The van der Waals surface area contributed by atoms with Gasteiger partial charge >= 0.3 is 0 Å². The van der Waals surface area contributed by atoms with Crippen LogP contribution < -0.4 is 14.2 Å². The van der Waals surface area contributed by atoms with Crippen LogP contribution in [0.3, 0.4) is 0 Å². The molecule has 0 bridgehead atoms. The fraction of sp³-hybridized carbons (Fsp3) is 0.455. The average molecular weight is 384 g/mol. The molecule has 0 spiro atoms. The van der Waals surface area contributed by atoms with Crippen LogP contribution in [0.25, 0.3) is 11.3 Å². The number of benzene rings is 1. The number of rotatable bonds is 7.